The Morgan fingerprint density at radius 1 is 0.909 bits per heavy atom. The maximum atomic E-state index is 6.49. The van der Waals surface area contributed by atoms with Gasteiger partial charge in [0.1, 0.15) is 0 Å². The lowest BCUT2D eigenvalue weighted by Gasteiger charge is -2.25. The summed E-state index contributed by atoms with van der Waals surface area (Å²) in [5.74, 6) is 6.33. The number of hydrogen-bond acceptors (Lipinski definition) is 2. The van der Waals surface area contributed by atoms with E-state index in [1.165, 1.54) is 5.56 Å². The van der Waals surface area contributed by atoms with Crippen molar-refractivity contribution >= 4 is 0 Å². The van der Waals surface area contributed by atoms with Crippen LogP contribution in [0.15, 0.2) is 60.7 Å². The van der Waals surface area contributed by atoms with Gasteiger partial charge in [0.2, 0.25) is 0 Å². The molecule has 0 aromatic heterocycles. The Kier molecular flexibility index (Phi) is 4.29. The van der Waals surface area contributed by atoms with Crippen LogP contribution in [-0.4, -0.2) is 6.04 Å². The first-order valence-electron chi connectivity index (χ1n) is 7.82. The highest BCUT2D eigenvalue weighted by molar-refractivity contribution is 5.35. The molecular weight excluding hydrogens is 268 g/mol. The van der Waals surface area contributed by atoms with Gasteiger partial charge in [0.25, 0.3) is 0 Å². The summed E-state index contributed by atoms with van der Waals surface area (Å²) in [4.78, 5) is 0. The van der Waals surface area contributed by atoms with E-state index < -0.39 is 0 Å². The molecule has 2 aromatic carbocycles. The zero-order chi connectivity index (χ0) is 15.4. The van der Waals surface area contributed by atoms with Gasteiger partial charge >= 0.3 is 0 Å². The van der Waals surface area contributed by atoms with E-state index in [0.717, 1.165) is 24.8 Å². The van der Waals surface area contributed by atoms with Crippen molar-refractivity contribution in [3.05, 3.63) is 71.8 Å². The van der Waals surface area contributed by atoms with E-state index in [0.29, 0.717) is 0 Å². The fourth-order valence-corrected chi connectivity index (χ4v) is 3.00. The largest absolute Gasteiger partial charge is 0.323 e. The monoisotopic (exact) mass is 290 g/mol. The van der Waals surface area contributed by atoms with Gasteiger partial charge in [0, 0.05) is 11.6 Å². The molecule has 0 spiro atoms. The third-order valence-corrected chi connectivity index (χ3v) is 4.51. The summed E-state index contributed by atoms with van der Waals surface area (Å²) < 4.78 is 0. The summed E-state index contributed by atoms with van der Waals surface area (Å²) in [6.07, 6.45) is 3.15. The standard InChI is InChI=1S/C20H22N2/c21-18(12-11-16-7-3-1-4-8-16)15-20(13-14-20)19(22)17-9-5-2-6-10-17/h1-10,18-19H,13-15,21-22H2/t18?,19-/m1/s1. The molecule has 22 heavy (non-hydrogen) atoms. The summed E-state index contributed by atoms with van der Waals surface area (Å²) >= 11 is 0. The fraction of sp³-hybridized carbons (Fsp3) is 0.300. The van der Waals surface area contributed by atoms with Crippen molar-refractivity contribution in [1.82, 2.24) is 0 Å². The predicted molar refractivity (Wildman–Crippen MR) is 90.9 cm³/mol. The van der Waals surface area contributed by atoms with Crippen LogP contribution in [0.3, 0.4) is 0 Å². The van der Waals surface area contributed by atoms with E-state index in [1.54, 1.807) is 0 Å². The molecule has 1 aliphatic carbocycles. The highest BCUT2D eigenvalue weighted by atomic mass is 14.8. The first-order valence-corrected chi connectivity index (χ1v) is 7.82. The van der Waals surface area contributed by atoms with Crippen molar-refractivity contribution in [2.75, 3.05) is 0 Å². The summed E-state index contributed by atoms with van der Waals surface area (Å²) in [5, 5.41) is 0. The number of rotatable bonds is 4. The zero-order valence-corrected chi connectivity index (χ0v) is 12.7. The third kappa shape index (κ3) is 3.39. The van der Waals surface area contributed by atoms with E-state index in [-0.39, 0.29) is 17.5 Å². The molecular formula is C20H22N2. The van der Waals surface area contributed by atoms with Gasteiger partial charge in [-0.15, -0.1) is 0 Å². The Morgan fingerprint density at radius 2 is 1.50 bits per heavy atom. The van der Waals surface area contributed by atoms with Crippen molar-refractivity contribution in [2.45, 2.75) is 31.3 Å². The lowest BCUT2D eigenvalue weighted by Crippen LogP contribution is -2.30. The van der Waals surface area contributed by atoms with Gasteiger partial charge in [-0.1, -0.05) is 60.4 Å². The van der Waals surface area contributed by atoms with Gasteiger partial charge in [-0.3, -0.25) is 0 Å². The molecule has 0 aliphatic heterocycles. The molecule has 1 fully saturated rings. The minimum atomic E-state index is -0.127. The predicted octanol–water partition coefficient (Wildman–Crippen LogP) is 3.24. The summed E-state index contributed by atoms with van der Waals surface area (Å²) in [6, 6.07) is 20.2. The lowest BCUT2D eigenvalue weighted by atomic mass is 9.85. The van der Waals surface area contributed by atoms with Crippen LogP contribution in [0, 0.1) is 17.3 Å². The van der Waals surface area contributed by atoms with Crippen LogP contribution in [0.25, 0.3) is 0 Å². The van der Waals surface area contributed by atoms with E-state index in [2.05, 4.69) is 24.0 Å². The second-order valence-corrected chi connectivity index (χ2v) is 6.20. The van der Waals surface area contributed by atoms with E-state index in [4.69, 9.17) is 11.5 Å². The van der Waals surface area contributed by atoms with Crippen LogP contribution in [0.2, 0.25) is 0 Å². The van der Waals surface area contributed by atoms with E-state index in [1.807, 2.05) is 48.5 Å². The Bertz CT molecular complexity index is 663. The van der Waals surface area contributed by atoms with Crippen LogP contribution < -0.4 is 11.5 Å². The molecule has 2 nitrogen and oxygen atoms in total. The normalized spacial score (nSPS) is 17.9. The zero-order valence-electron chi connectivity index (χ0n) is 12.7. The molecule has 1 unspecified atom stereocenters. The topological polar surface area (TPSA) is 52.0 Å². The average Bonchev–Trinajstić information content (AvgIpc) is 3.35. The average molecular weight is 290 g/mol. The van der Waals surface area contributed by atoms with Gasteiger partial charge in [-0.2, -0.15) is 0 Å². The highest BCUT2D eigenvalue weighted by Gasteiger charge is 2.48. The van der Waals surface area contributed by atoms with Crippen molar-refractivity contribution in [3.63, 3.8) is 0 Å². The molecule has 112 valence electrons. The van der Waals surface area contributed by atoms with Gasteiger partial charge in [0.15, 0.2) is 0 Å². The second kappa shape index (κ2) is 6.36. The smallest absolute Gasteiger partial charge is 0.0674 e. The van der Waals surface area contributed by atoms with Gasteiger partial charge in [-0.05, 0) is 42.4 Å². The SMILES string of the molecule is NC(C#Cc1ccccc1)CC1([C@H](N)c2ccccc2)CC1. The molecule has 2 heteroatoms. The van der Waals surface area contributed by atoms with Crippen LogP contribution in [0.5, 0.6) is 0 Å². The molecule has 0 amide bonds. The van der Waals surface area contributed by atoms with Gasteiger partial charge in [-0.25, -0.2) is 0 Å². The van der Waals surface area contributed by atoms with Crippen LogP contribution in [0.1, 0.15) is 36.4 Å². The van der Waals surface area contributed by atoms with Gasteiger partial charge in [0.05, 0.1) is 6.04 Å². The minimum Gasteiger partial charge on any atom is -0.323 e. The maximum absolute atomic E-state index is 6.49. The molecule has 0 saturated heterocycles. The Hall–Kier alpha value is -2.08. The molecule has 1 saturated carbocycles. The van der Waals surface area contributed by atoms with Crippen LogP contribution >= 0.6 is 0 Å². The number of hydrogen-bond donors (Lipinski definition) is 2. The van der Waals surface area contributed by atoms with Crippen molar-refractivity contribution < 1.29 is 0 Å². The van der Waals surface area contributed by atoms with E-state index in [9.17, 15) is 0 Å². The molecule has 2 aromatic rings. The number of nitrogens with two attached hydrogens (primary N) is 2. The van der Waals surface area contributed by atoms with Crippen molar-refractivity contribution in [3.8, 4) is 11.8 Å². The third-order valence-electron chi connectivity index (χ3n) is 4.51. The first-order chi connectivity index (χ1) is 10.7. The van der Waals surface area contributed by atoms with Crippen LogP contribution in [0.4, 0.5) is 0 Å². The van der Waals surface area contributed by atoms with Gasteiger partial charge < -0.3 is 11.5 Å². The summed E-state index contributed by atoms with van der Waals surface area (Å²) in [5.41, 5.74) is 15.1. The minimum absolute atomic E-state index is 0.0540. The van der Waals surface area contributed by atoms with Crippen molar-refractivity contribution in [2.24, 2.45) is 16.9 Å². The fourth-order valence-electron chi connectivity index (χ4n) is 3.00. The second-order valence-electron chi connectivity index (χ2n) is 6.20. The Morgan fingerprint density at radius 3 is 2.09 bits per heavy atom. The van der Waals surface area contributed by atoms with E-state index >= 15 is 0 Å². The highest BCUT2D eigenvalue weighted by Crippen LogP contribution is 2.56. The molecule has 2 atom stereocenters. The number of benzene rings is 2. The molecule has 4 N–H and O–H groups in total. The Balaban J connectivity index is 1.66. The maximum Gasteiger partial charge on any atom is 0.0674 e. The van der Waals surface area contributed by atoms with Crippen molar-refractivity contribution in [1.29, 1.82) is 0 Å². The quantitative estimate of drug-likeness (QED) is 0.849. The van der Waals surface area contributed by atoms with Crippen LogP contribution in [-0.2, 0) is 0 Å². The first kappa shape index (κ1) is 14.8. The summed E-state index contributed by atoms with van der Waals surface area (Å²) in [6.45, 7) is 0. The molecule has 0 radical (unpaired) electrons. The summed E-state index contributed by atoms with van der Waals surface area (Å²) in [7, 11) is 0. The molecule has 0 bridgehead atoms. The molecule has 3 rings (SSSR count). The Labute approximate surface area is 132 Å². The molecule has 0 heterocycles. The molecule has 1 aliphatic rings. The lowest BCUT2D eigenvalue weighted by molar-refractivity contribution is 0.366.